The summed E-state index contributed by atoms with van der Waals surface area (Å²) in [5, 5.41) is 4.53. The molecule has 5 rings (SSSR count). The first-order chi connectivity index (χ1) is 15.6. The molecule has 0 fully saturated rings. The summed E-state index contributed by atoms with van der Waals surface area (Å²) in [6.45, 7) is 2.05. The molecular formula is C29H22FOP. The first-order valence-corrected chi connectivity index (χ1v) is 12.3. The highest BCUT2D eigenvalue weighted by atomic mass is 31.2. The van der Waals surface area contributed by atoms with E-state index in [1.165, 1.54) is 12.1 Å². The minimum Gasteiger partial charge on any atom is -0.309 e. The van der Waals surface area contributed by atoms with Crippen LogP contribution in [0, 0.1) is 12.7 Å². The fraction of sp³-hybridized carbons (Fsp3) is 0.0345. The molecule has 5 aromatic rings. The van der Waals surface area contributed by atoms with Crippen molar-refractivity contribution in [1.82, 2.24) is 0 Å². The number of halogens is 1. The zero-order valence-electron chi connectivity index (χ0n) is 17.7. The van der Waals surface area contributed by atoms with Crippen molar-refractivity contribution in [3.05, 3.63) is 127 Å². The van der Waals surface area contributed by atoms with Gasteiger partial charge in [0, 0.05) is 15.9 Å². The highest BCUT2D eigenvalue weighted by Crippen LogP contribution is 2.46. The Kier molecular flexibility index (Phi) is 5.25. The fourth-order valence-corrected chi connectivity index (χ4v) is 7.35. The lowest BCUT2D eigenvalue weighted by Crippen LogP contribution is -2.27. The van der Waals surface area contributed by atoms with Gasteiger partial charge in [0.1, 0.15) is 5.82 Å². The Hall–Kier alpha value is -3.48. The molecular weight excluding hydrogens is 414 g/mol. The van der Waals surface area contributed by atoms with Crippen LogP contribution < -0.4 is 15.9 Å². The Bertz CT molecular complexity index is 1400. The molecule has 0 heterocycles. The lowest BCUT2D eigenvalue weighted by atomic mass is 9.95. The van der Waals surface area contributed by atoms with Crippen molar-refractivity contribution in [2.24, 2.45) is 0 Å². The van der Waals surface area contributed by atoms with Crippen molar-refractivity contribution in [3.8, 4) is 11.1 Å². The van der Waals surface area contributed by atoms with E-state index in [9.17, 15) is 4.39 Å². The summed E-state index contributed by atoms with van der Waals surface area (Å²) < 4.78 is 28.7. The van der Waals surface area contributed by atoms with Gasteiger partial charge in [-0.1, -0.05) is 97.1 Å². The summed E-state index contributed by atoms with van der Waals surface area (Å²) in [6.07, 6.45) is 0. The first-order valence-electron chi connectivity index (χ1n) is 10.6. The Morgan fingerprint density at radius 1 is 0.625 bits per heavy atom. The van der Waals surface area contributed by atoms with Crippen LogP contribution in [0.1, 0.15) is 5.56 Å². The number of hydrogen-bond donors (Lipinski definition) is 0. The van der Waals surface area contributed by atoms with E-state index >= 15 is 4.57 Å². The molecule has 0 aliphatic carbocycles. The van der Waals surface area contributed by atoms with Crippen LogP contribution in [0.15, 0.2) is 115 Å². The van der Waals surface area contributed by atoms with Gasteiger partial charge in [0.25, 0.3) is 0 Å². The predicted octanol–water partition coefficient (Wildman–Crippen LogP) is 6.59. The summed E-state index contributed by atoms with van der Waals surface area (Å²) in [5.41, 5.74) is 2.85. The summed E-state index contributed by atoms with van der Waals surface area (Å²) in [7, 11) is -3.15. The summed E-state index contributed by atoms with van der Waals surface area (Å²) in [5.74, 6) is -0.273. The topological polar surface area (TPSA) is 17.1 Å². The van der Waals surface area contributed by atoms with Gasteiger partial charge in [-0.2, -0.15) is 0 Å². The van der Waals surface area contributed by atoms with E-state index in [-0.39, 0.29) is 5.82 Å². The highest BCUT2D eigenvalue weighted by Gasteiger charge is 2.32. The predicted molar refractivity (Wildman–Crippen MR) is 133 cm³/mol. The monoisotopic (exact) mass is 436 g/mol. The quantitative estimate of drug-likeness (QED) is 0.290. The minimum absolute atomic E-state index is 0.273. The molecule has 0 radical (unpaired) electrons. The summed E-state index contributed by atoms with van der Waals surface area (Å²) in [4.78, 5) is 0. The van der Waals surface area contributed by atoms with Gasteiger partial charge in [-0.05, 0) is 52.6 Å². The maximum Gasteiger partial charge on any atom is 0.171 e. The first kappa shape index (κ1) is 20.4. The third-order valence-corrected chi connectivity index (χ3v) is 9.21. The molecule has 0 aliphatic heterocycles. The van der Waals surface area contributed by atoms with Gasteiger partial charge in [0.05, 0.1) is 0 Å². The second kappa shape index (κ2) is 8.22. The van der Waals surface area contributed by atoms with Gasteiger partial charge in [-0.25, -0.2) is 4.39 Å². The van der Waals surface area contributed by atoms with Crippen molar-refractivity contribution in [3.63, 3.8) is 0 Å². The largest absolute Gasteiger partial charge is 0.309 e. The van der Waals surface area contributed by atoms with Crippen LogP contribution in [0.25, 0.3) is 21.9 Å². The van der Waals surface area contributed by atoms with Crippen LogP contribution >= 0.6 is 7.14 Å². The molecule has 156 valence electrons. The third-order valence-electron chi connectivity index (χ3n) is 6.02. The summed E-state index contributed by atoms with van der Waals surface area (Å²) in [6, 6.07) is 36.1. The van der Waals surface area contributed by atoms with Crippen molar-refractivity contribution < 1.29 is 8.96 Å². The van der Waals surface area contributed by atoms with Crippen molar-refractivity contribution in [2.45, 2.75) is 6.92 Å². The zero-order valence-corrected chi connectivity index (χ0v) is 18.6. The van der Waals surface area contributed by atoms with Crippen LogP contribution in [-0.4, -0.2) is 0 Å². The lowest BCUT2D eigenvalue weighted by Gasteiger charge is -2.24. The fourth-order valence-electron chi connectivity index (χ4n) is 4.40. The normalized spacial score (nSPS) is 11.6. The maximum atomic E-state index is 15.1. The number of benzene rings is 5. The molecule has 0 spiro atoms. The SMILES string of the molecule is Cc1c(P(=O)(c2ccccc2)c2ccccc2)cc(-c2ccc(F)cc2)c2ccccc12. The lowest BCUT2D eigenvalue weighted by molar-refractivity contribution is 0.592. The van der Waals surface area contributed by atoms with Gasteiger partial charge < -0.3 is 4.57 Å². The Balaban J connectivity index is 1.89. The van der Waals surface area contributed by atoms with E-state index in [0.29, 0.717) is 0 Å². The molecule has 0 aliphatic rings. The minimum atomic E-state index is -3.15. The van der Waals surface area contributed by atoms with Crippen LogP contribution in [-0.2, 0) is 4.57 Å². The highest BCUT2D eigenvalue weighted by molar-refractivity contribution is 7.85. The van der Waals surface area contributed by atoms with Gasteiger partial charge in [-0.15, -0.1) is 0 Å². The van der Waals surface area contributed by atoms with Crippen LogP contribution in [0.2, 0.25) is 0 Å². The second-order valence-electron chi connectivity index (χ2n) is 7.90. The Morgan fingerprint density at radius 2 is 1.12 bits per heavy atom. The van der Waals surface area contributed by atoms with E-state index < -0.39 is 7.14 Å². The van der Waals surface area contributed by atoms with E-state index in [1.54, 1.807) is 12.1 Å². The molecule has 0 saturated heterocycles. The van der Waals surface area contributed by atoms with E-state index in [4.69, 9.17) is 0 Å². The number of fused-ring (bicyclic) bond motifs is 1. The van der Waals surface area contributed by atoms with E-state index in [2.05, 4.69) is 12.1 Å². The van der Waals surface area contributed by atoms with Gasteiger partial charge in [0.2, 0.25) is 0 Å². The standard InChI is InChI=1S/C29H22FOP/c1-21-26-14-8-9-15-27(26)28(22-16-18-23(30)19-17-22)20-29(21)32(31,24-10-4-2-5-11-24)25-12-6-3-7-13-25/h2-20H,1H3. The number of rotatable bonds is 4. The third kappa shape index (κ3) is 3.38. The molecule has 0 amide bonds. The van der Waals surface area contributed by atoms with Gasteiger partial charge in [0.15, 0.2) is 7.14 Å². The van der Waals surface area contributed by atoms with Crippen LogP contribution in [0.4, 0.5) is 4.39 Å². The summed E-state index contributed by atoms with van der Waals surface area (Å²) >= 11 is 0. The van der Waals surface area contributed by atoms with E-state index in [0.717, 1.165) is 43.4 Å². The molecule has 0 saturated carbocycles. The molecule has 5 aromatic carbocycles. The van der Waals surface area contributed by atoms with E-state index in [1.807, 2.05) is 85.8 Å². The molecule has 3 heteroatoms. The number of aryl methyl sites for hydroxylation is 1. The molecule has 0 atom stereocenters. The molecule has 0 aromatic heterocycles. The molecule has 0 N–H and O–H groups in total. The van der Waals surface area contributed by atoms with Crippen molar-refractivity contribution in [1.29, 1.82) is 0 Å². The van der Waals surface area contributed by atoms with Gasteiger partial charge >= 0.3 is 0 Å². The van der Waals surface area contributed by atoms with Crippen LogP contribution in [0.3, 0.4) is 0 Å². The smallest absolute Gasteiger partial charge is 0.171 e. The van der Waals surface area contributed by atoms with Gasteiger partial charge in [-0.3, -0.25) is 0 Å². The Labute approximate surface area is 187 Å². The van der Waals surface area contributed by atoms with Crippen LogP contribution in [0.5, 0.6) is 0 Å². The molecule has 1 nitrogen and oxygen atoms in total. The molecule has 0 unspecified atom stereocenters. The zero-order chi connectivity index (χ0) is 22.1. The average molecular weight is 436 g/mol. The second-order valence-corrected chi connectivity index (χ2v) is 10.6. The number of hydrogen-bond acceptors (Lipinski definition) is 1. The molecule has 0 bridgehead atoms. The van der Waals surface area contributed by atoms with Crippen molar-refractivity contribution in [2.75, 3.05) is 0 Å². The maximum absolute atomic E-state index is 15.1. The van der Waals surface area contributed by atoms with Crippen molar-refractivity contribution >= 4 is 33.8 Å². The Morgan fingerprint density at radius 3 is 1.69 bits per heavy atom. The molecule has 32 heavy (non-hydrogen) atoms. The average Bonchev–Trinajstić information content (AvgIpc) is 2.86.